The molecule has 1 fully saturated rings. The lowest BCUT2D eigenvalue weighted by Crippen LogP contribution is -2.16. The number of ether oxygens (including phenoxy) is 1. The van der Waals surface area contributed by atoms with Gasteiger partial charge in [-0.2, -0.15) is 0 Å². The van der Waals surface area contributed by atoms with Gasteiger partial charge in [-0.05, 0) is 25.2 Å². The SMILES string of the molecule is CCCCCCCC[CH]C(=O)OCC1CCCCC1. The van der Waals surface area contributed by atoms with E-state index in [0.29, 0.717) is 12.5 Å². The summed E-state index contributed by atoms with van der Waals surface area (Å²) in [5, 5.41) is 0. The average molecular weight is 267 g/mol. The number of esters is 1. The highest BCUT2D eigenvalue weighted by Gasteiger charge is 2.15. The first kappa shape index (κ1) is 16.5. The zero-order valence-electron chi connectivity index (χ0n) is 12.7. The number of carbonyl (C=O) groups is 1. The second-order valence-electron chi connectivity index (χ2n) is 5.89. The van der Waals surface area contributed by atoms with Crippen LogP contribution in [0.3, 0.4) is 0 Å². The number of hydrogen-bond donors (Lipinski definition) is 0. The van der Waals surface area contributed by atoms with Gasteiger partial charge in [0, 0.05) is 0 Å². The summed E-state index contributed by atoms with van der Waals surface area (Å²) in [4.78, 5) is 11.5. The molecule has 0 atom stereocenters. The van der Waals surface area contributed by atoms with E-state index in [4.69, 9.17) is 4.74 Å². The van der Waals surface area contributed by atoms with E-state index < -0.39 is 0 Å². The molecule has 0 aromatic heterocycles. The number of unbranched alkanes of at least 4 members (excludes halogenated alkanes) is 6. The molecular weight excluding hydrogens is 236 g/mol. The fourth-order valence-corrected chi connectivity index (χ4v) is 2.76. The molecule has 0 amide bonds. The summed E-state index contributed by atoms with van der Waals surface area (Å²) in [6.45, 7) is 2.88. The van der Waals surface area contributed by atoms with Crippen LogP contribution in [0, 0.1) is 12.3 Å². The quantitative estimate of drug-likeness (QED) is 0.408. The lowest BCUT2D eigenvalue weighted by Gasteiger charge is -2.20. The first-order valence-corrected chi connectivity index (χ1v) is 8.33. The maximum Gasteiger partial charge on any atom is 0.309 e. The Morgan fingerprint density at radius 3 is 2.47 bits per heavy atom. The van der Waals surface area contributed by atoms with Crippen LogP contribution in [0.4, 0.5) is 0 Å². The van der Waals surface area contributed by atoms with Gasteiger partial charge in [0.05, 0.1) is 13.0 Å². The minimum absolute atomic E-state index is 0.0980. The maximum atomic E-state index is 11.5. The molecule has 0 N–H and O–H groups in total. The van der Waals surface area contributed by atoms with Gasteiger partial charge in [0.1, 0.15) is 0 Å². The molecule has 1 aliphatic rings. The highest BCUT2D eigenvalue weighted by atomic mass is 16.5. The van der Waals surface area contributed by atoms with Gasteiger partial charge in [-0.25, -0.2) is 0 Å². The smallest absolute Gasteiger partial charge is 0.309 e. The van der Waals surface area contributed by atoms with E-state index in [2.05, 4.69) is 6.92 Å². The van der Waals surface area contributed by atoms with Crippen molar-refractivity contribution in [1.82, 2.24) is 0 Å². The molecule has 0 spiro atoms. The first-order valence-electron chi connectivity index (χ1n) is 8.33. The Bertz CT molecular complexity index is 219. The van der Waals surface area contributed by atoms with Gasteiger partial charge in [-0.15, -0.1) is 0 Å². The largest absolute Gasteiger partial charge is 0.465 e. The van der Waals surface area contributed by atoms with Crippen molar-refractivity contribution in [2.75, 3.05) is 6.61 Å². The molecule has 1 aliphatic carbocycles. The van der Waals surface area contributed by atoms with Crippen molar-refractivity contribution in [2.45, 2.75) is 84.0 Å². The molecule has 0 heterocycles. The standard InChI is InChI=1S/C17H31O2/c1-2-3-4-5-6-7-11-14-17(18)19-15-16-12-9-8-10-13-16/h14,16H,2-13,15H2,1H3. The Kier molecular flexibility index (Phi) is 9.84. The zero-order valence-corrected chi connectivity index (χ0v) is 12.7. The summed E-state index contributed by atoms with van der Waals surface area (Å²) in [7, 11) is 0. The lowest BCUT2D eigenvalue weighted by molar-refractivity contribution is -0.141. The van der Waals surface area contributed by atoms with Crippen molar-refractivity contribution in [2.24, 2.45) is 5.92 Å². The molecule has 1 radical (unpaired) electrons. The third-order valence-electron chi connectivity index (χ3n) is 4.05. The molecule has 0 aliphatic heterocycles. The Morgan fingerprint density at radius 2 is 1.74 bits per heavy atom. The van der Waals surface area contributed by atoms with E-state index in [1.54, 1.807) is 6.42 Å². The highest BCUT2D eigenvalue weighted by molar-refractivity contribution is 5.78. The zero-order chi connectivity index (χ0) is 13.8. The summed E-state index contributed by atoms with van der Waals surface area (Å²) >= 11 is 0. The molecule has 111 valence electrons. The molecule has 1 rings (SSSR count). The molecule has 0 bridgehead atoms. The number of rotatable bonds is 10. The molecule has 2 nitrogen and oxygen atoms in total. The Morgan fingerprint density at radius 1 is 1.05 bits per heavy atom. The summed E-state index contributed by atoms with van der Waals surface area (Å²) < 4.78 is 5.33. The lowest BCUT2D eigenvalue weighted by atomic mass is 9.90. The average Bonchev–Trinajstić information content (AvgIpc) is 2.45. The van der Waals surface area contributed by atoms with Gasteiger partial charge >= 0.3 is 5.97 Å². The fourth-order valence-electron chi connectivity index (χ4n) is 2.76. The van der Waals surface area contributed by atoms with Crippen LogP contribution in [-0.2, 0) is 9.53 Å². The minimum atomic E-state index is -0.0980. The third-order valence-corrected chi connectivity index (χ3v) is 4.05. The topological polar surface area (TPSA) is 26.3 Å². The Labute approximate surface area is 119 Å². The van der Waals surface area contributed by atoms with Crippen LogP contribution in [0.25, 0.3) is 0 Å². The van der Waals surface area contributed by atoms with Gasteiger partial charge in [0.15, 0.2) is 0 Å². The second kappa shape index (κ2) is 11.3. The minimum Gasteiger partial charge on any atom is -0.465 e. The third kappa shape index (κ3) is 9.07. The van der Waals surface area contributed by atoms with Gasteiger partial charge in [-0.1, -0.05) is 64.7 Å². The summed E-state index contributed by atoms with van der Waals surface area (Å²) in [6, 6.07) is 0. The number of hydrogen-bond acceptors (Lipinski definition) is 2. The van der Waals surface area contributed by atoms with Crippen molar-refractivity contribution < 1.29 is 9.53 Å². The molecule has 19 heavy (non-hydrogen) atoms. The van der Waals surface area contributed by atoms with Crippen LogP contribution in [0.1, 0.15) is 84.0 Å². The molecule has 2 heteroatoms. The van der Waals surface area contributed by atoms with Crippen LogP contribution in [0.15, 0.2) is 0 Å². The van der Waals surface area contributed by atoms with E-state index in [9.17, 15) is 4.79 Å². The second-order valence-corrected chi connectivity index (χ2v) is 5.89. The van der Waals surface area contributed by atoms with Crippen LogP contribution in [-0.4, -0.2) is 12.6 Å². The molecule has 0 aromatic rings. The van der Waals surface area contributed by atoms with Gasteiger partial charge in [0.25, 0.3) is 0 Å². The van der Waals surface area contributed by atoms with Crippen molar-refractivity contribution in [3.05, 3.63) is 6.42 Å². The van der Waals surface area contributed by atoms with Crippen LogP contribution < -0.4 is 0 Å². The van der Waals surface area contributed by atoms with E-state index in [1.165, 1.54) is 64.2 Å². The van der Waals surface area contributed by atoms with Gasteiger partial charge < -0.3 is 4.74 Å². The molecule has 0 unspecified atom stereocenters. The molecule has 0 saturated heterocycles. The Balaban J connectivity index is 1.87. The van der Waals surface area contributed by atoms with E-state index in [-0.39, 0.29) is 5.97 Å². The van der Waals surface area contributed by atoms with Crippen LogP contribution in [0.5, 0.6) is 0 Å². The van der Waals surface area contributed by atoms with Crippen molar-refractivity contribution in [1.29, 1.82) is 0 Å². The summed E-state index contributed by atoms with van der Waals surface area (Å²) in [5.41, 5.74) is 0. The van der Waals surface area contributed by atoms with Gasteiger partial charge in [-0.3, -0.25) is 4.79 Å². The molecule has 1 saturated carbocycles. The van der Waals surface area contributed by atoms with Crippen molar-refractivity contribution >= 4 is 5.97 Å². The molecule has 0 aromatic carbocycles. The monoisotopic (exact) mass is 267 g/mol. The highest BCUT2D eigenvalue weighted by Crippen LogP contribution is 2.23. The van der Waals surface area contributed by atoms with E-state index in [0.717, 1.165) is 12.8 Å². The Hall–Kier alpha value is -0.530. The summed E-state index contributed by atoms with van der Waals surface area (Å²) in [5.74, 6) is 0.527. The van der Waals surface area contributed by atoms with Crippen molar-refractivity contribution in [3.8, 4) is 0 Å². The maximum absolute atomic E-state index is 11.5. The first-order chi connectivity index (χ1) is 9.33. The van der Waals surface area contributed by atoms with Crippen molar-refractivity contribution in [3.63, 3.8) is 0 Å². The van der Waals surface area contributed by atoms with E-state index in [1.807, 2.05) is 0 Å². The number of carbonyl (C=O) groups excluding carboxylic acids is 1. The predicted molar refractivity (Wildman–Crippen MR) is 79.8 cm³/mol. The summed E-state index contributed by atoms with van der Waals surface area (Å²) in [6.07, 6.45) is 16.7. The fraction of sp³-hybridized carbons (Fsp3) is 0.882. The molecular formula is C17H31O2. The van der Waals surface area contributed by atoms with E-state index >= 15 is 0 Å². The van der Waals surface area contributed by atoms with Gasteiger partial charge in [0.2, 0.25) is 0 Å². The normalized spacial score (nSPS) is 16.5. The van der Waals surface area contributed by atoms with Crippen LogP contribution in [0.2, 0.25) is 0 Å². The predicted octanol–water partition coefficient (Wildman–Crippen LogP) is 5.06. The van der Waals surface area contributed by atoms with Crippen LogP contribution >= 0.6 is 0 Å².